The van der Waals surface area contributed by atoms with Crippen LogP contribution in [0.1, 0.15) is 17.0 Å². The summed E-state index contributed by atoms with van der Waals surface area (Å²) in [6, 6.07) is 19.8. The van der Waals surface area contributed by atoms with Crippen LogP contribution in [0.2, 0.25) is 0 Å². The maximum absolute atomic E-state index is 6.00. The van der Waals surface area contributed by atoms with E-state index in [4.69, 9.17) is 10.5 Å². The minimum atomic E-state index is 0.359. The van der Waals surface area contributed by atoms with Crippen molar-refractivity contribution in [3.8, 4) is 5.75 Å². The highest BCUT2D eigenvalue weighted by Crippen LogP contribution is 2.15. The highest BCUT2D eigenvalue weighted by atomic mass is 16.5. The minimum absolute atomic E-state index is 0.359. The van der Waals surface area contributed by atoms with E-state index < -0.39 is 0 Å². The van der Waals surface area contributed by atoms with Gasteiger partial charge in [-0.25, -0.2) is 4.99 Å². The summed E-state index contributed by atoms with van der Waals surface area (Å²) in [5.41, 5.74) is 9.88. The Hall–Kier alpha value is -3.41. The number of nitrogens with one attached hydrogen (secondary N) is 2. The average Bonchev–Trinajstić information content (AvgIpc) is 2.63. The largest absolute Gasteiger partial charge is 0.493 e. The molecule has 0 aliphatic heterocycles. The first-order valence-electron chi connectivity index (χ1n) is 8.84. The molecule has 138 valence electrons. The van der Waals surface area contributed by atoms with Crippen molar-refractivity contribution in [3.05, 3.63) is 77.6 Å². The van der Waals surface area contributed by atoms with Crippen molar-refractivity contribution in [1.29, 1.82) is 0 Å². The van der Waals surface area contributed by atoms with Crippen molar-refractivity contribution < 1.29 is 9.73 Å². The van der Waals surface area contributed by atoms with Crippen molar-refractivity contribution in [2.45, 2.75) is 20.3 Å². The second-order valence-corrected chi connectivity index (χ2v) is 6.25. The van der Waals surface area contributed by atoms with Gasteiger partial charge in [0.2, 0.25) is 0 Å². The molecule has 0 radical (unpaired) electrons. The standard InChI is InChI=1S/C21H23N5O/c1-15-14-16(2)24-21(23-15)26-20(22)25-18-8-10-19(11-9-18)27-13-12-17-6-4-3-5-7-17/h3-11,14H,12-13H2,1-2H3,(H3,22,23,24,25,26)/p+1. The first-order valence-corrected chi connectivity index (χ1v) is 8.84. The molecule has 0 atom stereocenters. The van der Waals surface area contributed by atoms with Gasteiger partial charge < -0.3 is 10.5 Å². The van der Waals surface area contributed by atoms with E-state index in [2.05, 4.69) is 32.4 Å². The van der Waals surface area contributed by atoms with Crippen LogP contribution in [0.5, 0.6) is 5.75 Å². The van der Waals surface area contributed by atoms with Gasteiger partial charge in [-0.1, -0.05) is 30.3 Å². The zero-order valence-electron chi connectivity index (χ0n) is 15.6. The van der Waals surface area contributed by atoms with E-state index in [1.54, 1.807) is 0 Å². The second-order valence-electron chi connectivity index (χ2n) is 6.25. The lowest BCUT2D eigenvalue weighted by molar-refractivity contribution is -0.365. The smallest absolute Gasteiger partial charge is 0.354 e. The van der Waals surface area contributed by atoms with Gasteiger partial charge >= 0.3 is 5.95 Å². The first kappa shape index (κ1) is 18.4. The third kappa shape index (κ3) is 5.81. The highest BCUT2D eigenvalue weighted by molar-refractivity contribution is 5.88. The Morgan fingerprint density at radius 1 is 1.00 bits per heavy atom. The summed E-state index contributed by atoms with van der Waals surface area (Å²) >= 11 is 0. The summed E-state index contributed by atoms with van der Waals surface area (Å²) < 4.78 is 5.79. The third-order valence-electron chi connectivity index (χ3n) is 3.86. The second kappa shape index (κ2) is 8.80. The van der Waals surface area contributed by atoms with Gasteiger partial charge in [0.05, 0.1) is 23.7 Å². The molecule has 0 aliphatic rings. The fraction of sp³-hybridized carbons (Fsp3) is 0.190. The lowest BCUT2D eigenvalue weighted by Crippen LogP contribution is -2.72. The summed E-state index contributed by atoms with van der Waals surface area (Å²) in [6.07, 6.45) is 0.876. The topological polar surface area (TPSA) is 87.0 Å². The van der Waals surface area contributed by atoms with Crippen LogP contribution in [0.3, 0.4) is 0 Å². The fourth-order valence-electron chi connectivity index (χ4n) is 2.65. The number of hydrogen-bond acceptors (Lipinski definition) is 3. The molecule has 0 bridgehead atoms. The molecule has 0 saturated carbocycles. The number of nitrogens with zero attached hydrogens (tertiary/aromatic N) is 2. The molecule has 2 aromatic carbocycles. The Morgan fingerprint density at radius 3 is 2.33 bits per heavy atom. The van der Waals surface area contributed by atoms with Crippen LogP contribution >= 0.6 is 0 Å². The van der Waals surface area contributed by atoms with Gasteiger partial charge in [0.25, 0.3) is 5.96 Å². The molecule has 1 aromatic heterocycles. The van der Waals surface area contributed by atoms with Gasteiger partial charge in [-0.05, 0) is 43.7 Å². The molecule has 0 aliphatic carbocycles. The first-order chi connectivity index (χ1) is 13.1. The SMILES string of the molecule is Cc1cc(C)nc([NH+]=C(N)Nc2ccc(OCCc3ccccc3)cc2)n1. The molecule has 3 rings (SSSR count). The van der Waals surface area contributed by atoms with E-state index in [-0.39, 0.29) is 0 Å². The van der Waals surface area contributed by atoms with E-state index in [1.165, 1.54) is 5.56 Å². The normalized spacial score (nSPS) is 11.3. The van der Waals surface area contributed by atoms with E-state index in [0.717, 1.165) is 29.2 Å². The zero-order chi connectivity index (χ0) is 19.1. The number of anilines is 1. The van der Waals surface area contributed by atoms with Crippen molar-refractivity contribution in [2.75, 3.05) is 11.9 Å². The fourth-order valence-corrected chi connectivity index (χ4v) is 2.65. The molecule has 0 amide bonds. The van der Waals surface area contributed by atoms with Gasteiger partial charge in [0.15, 0.2) is 0 Å². The van der Waals surface area contributed by atoms with Crippen LogP contribution in [0.25, 0.3) is 0 Å². The predicted octanol–water partition coefficient (Wildman–Crippen LogP) is 1.85. The number of hydrogen-bond donors (Lipinski definition) is 3. The monoisotopic (exact) mass is 362 g/mol. The molecule has 1 heterocycles. The number of benzene rings is 2. The number of ether oxygens (including phenoxy) is 1. The van der Waals surface area contributed by atoms with Crippen molar-refractivity contribution in [2.24, 2.45) is 5.73 Å². The zero-order valence-corrected chi connectivity index (χ0v) is 15.6. The third-order valence-corrected chi connectivity index (χ3v) is 3.86. The Morgan fingerprint density at radius 2 is 1.67 bits per heavy atom. The van der Waals surface area contributed by atoms with Crippen LogP contribution in [-0.4, -0.2) is 22.5 Å². The van der Waals surface area contributed by atoms with Crippen LogP contribution in [-0.2, 0) is 6.42 Å². The van der Waals surface area contributed by atoms with Gasteiger partial charge in [-0.3, -0.25) is 5.32 Å². The van der Waals surface area contributed by atoms with Gasteiger partial charge in [-0.15, -0.1) is 9.97 Å². The van der Waals surface area contributed by atoms with E-state index in [9.17, 15) is 0 Å². The Balaban J connectivity index is 1.54. The summed E-state index contributed by atoms with van der Waals surface area (Å²) in [7, 11) is 0. The summed E-state index contributed by atoms with van der Waals surface area (Å²) in [6.45, 7) is 4.47. The molecule has 3 aromatic rings. The van der Waals surface area contributed by atoms with Crippen molar-refractivity contribution in [3.63, 3.8) is 0 Å². The molecule has 0 fully saturated rings. The van der Waals surface area contributed by atoms with E-state index in [1.807, 2.05) is 62.4 Å². The number of rotatable bonds is 6. The highest BCUT2D eigenvalue weighted by Gasteiger charge is 2.06. The lowest BCUT2D eigenvalue weighted by Gasteiger charge is -2.07. The predicted molar refractivity (Wildman–Crippen MR) is 107 cm³/mol. The number of nitrogens with two attached hydrogens (primary N) is 1. The van der Waals surface area contributed by atoms with Crippen molar-refractivity contribution >= 4 is 17.6 Å². The number of aromatic nitrogens is 2. The van der Waals surface area contributed by atoms with Crippen LogP contribution in [0.15, 0.2) is 60.7 Å². The van der Waals surface area contributed by atoms with Gasteiger partial charge in [-0.2, -0.15) is 0 Å². The number of aryl methyl sites for hydroxylation is 2. The summed E-state index contributed by atoms with van der Waals surface area (Å²) in [5.74, 6) is 1.65. The lowest BCUT2D eigenvalue weighted by atomic mass is 10.2. The average molecular weight is 362 g/mol. The molecule has 0 unspecified atom stereocenters. The maximum atomic E-state index is 6.00. The molecule has 6 heteroatoms. The van der Waals surface area contributed by atoms with E-state index in [0.29, 0.717) is 18.5 Å². The maximum Gasteiger partial charge on any atom is 0.354 e. The molecular formula is C21H24N5O+. The summed E-state index contributed by atoms with van der Waals surface area (Å²) in [5, 5.41) is 3.09. The Labute approximate surface area is 159 Å². The number of guanidine groups is 1. The molecule has 4 N–H and O–H groups in total. The molecule has 27 heavy (non-hydrogen) atoms. The quantitative estimate of drug-likeness (QED) is 0.460. The summed E-state index contributed by atoms with van der Waals surface area (Å²) in [4.78, 5) is 11.6. The molecular weight excluding hydrogens is 338 g/mol. The molecule has 6 nitrogen and oxygen atoms in total. The van der Waals surface area contributed by atoms with Crippen LogP contribution < -0.4 is 20.8 Å². The van der Waals surface area contributed by atoms with Gasteiger partial charge in [0.1, 0.15) is 5.75 Å². The van der Waals surface area contributed by atoms with Crippen LogP contribution in [0, 0.1) is 13.8 Å². The Bertz CT molecular complexity index is 887. The van der Waals surface area contributed by atoms with E-state index >= 15 is 0 Å². The van der Waals surface area contributed by atoms with Gasteiger partial charge in [0, 0.05) is 12.5 Å². The van der Waals surface area contributed by atoms with Crippen molar-refractivity contribution in [1.82, 2.24) is 9.97 Å². The molecule has 0 saturated heterocycles. The molecule has 0 spiro atoms. The Kier molecular flexibility index (Phi) is 5.99. The van der Waals surface area contributed by atoms with Crippen LogP contribution in [0.4, 0.5) is 11.6 Å². The minimum Gasteiger partial charge on any atom is -0.493 e.